The van der Waals surface area contributed by atoms with Gasteiger partial charge in [-0.3, -0.25) is 9.36 Å². The summed E-state index contributed by atoms with van der Waals surface area (Å²) in [5, 5.41) is 5.57. The normalized spacial score (nSPS) is 12.0. The molecule has 1 heterocycles. The van der Waals surface area contributed by atoms with Crippen LogP contribution in [-0.4, -0.2) is 27.5 Å². The highest BCUT2D eigenvalue weighted by molar-refractivity contribution is 6.01. The Morgan fingerprint density at radius 2 is 1.54 bits per heavy atom. The predicted octanol–water partition coefficient (Wildman–Crippen LogP) is 6.07. The molecule has 0 bridgehead atoms. The van der Waals surface area contributed by atoms with E-state index in [0.717, 1.165) is 22.0 Å². The Labute approximate surface area is 203 Å². The van der Waals surface area contributed by atoms with E-state index in [1.165, 1.54) is 0 Å². The number of hydrogen-bond donors (Lipinski definition) is 1. The van der Waals surface area contributed by atoms with Gasteiger partial charge in [0.15, 0.2) is 0 Å². The van der Waals surface area contributed by atoms with Gasteiger partial charge in [-0.15, -0.1) is 0 Å². The predicted molar refractivity (Wildman–Crippen MR) is 141 cm³/mol. The van der Waals surface area contributed by atoms with Crippen molar-refractivity contribution in [3.05, 3.63) is 113 Å². The van der Waals surface area contributed by atoms with Crippen LogP contribution in [0.4, 0.5) is 10.5 Å². The summed E-state index contributed by atoms with van der Waals surface area (Å²) < 4.78 is 1.61. The third-order valence-corrected chi connectivity index (χ3v) is 6.40. The fraction of sp³-hybridized carbons (Fsp3) is 0.138. The van der Waals surface area contributed by atoms with Gasteiger partial charge in [-0.2, -0.15) is 0 Å². The summed E-state index contributed by atoms with van der Waals surface area (Å²) in [6, 6.07) is 28.0. The molecule has 0 aliphatic heterocycles. The highest BCUT2D eigenvalue weighted by atomic mass is 16.2. The summed E-state index contributed by atoms with van der Waals surface area (Å²) in [6.45, 7) is 3.88. The lowest BCUT2D eigenvalue weighted by atomic mass is 10.1. The van der Waals surface area contributed by atoms with Crippen LogP contribution in [0.1, 0.15) is 24.4 Å². The molecule has 4 aromatic carbocycles. The van der Waals surface area contributed by atoms with Crippen molar-refractivity contribution in [2.45, 2.75) is 19.9 Å². The Morgan fingerprint density at radius 3 is 2.31 bits per heavy atom. The van der Waals surface area contributed by atoms with Crippen LogP contribution in [0.15, 0.2) is 95.8 Å². The standard InChI is InChI=1S/C29H26N4O2/c1-19-15-17-22(18-16-19)33-27(30-26-13-7-6-12-24(26)28(33)34)20(2)32(3)29(35)31-25-14-8-10-21-9-4-5-11-23(21)25/h4-18,20H,1-3H3,(H,31,35). The van der Waals surface area contributed by atoms with Gasteiger partial charge >= 0.3 is 6.03 Å². The average molecular weight is 463 g/mol. The van der Waals surface area contributed by atoms with Crippen molar-refractivity contribution >= 4 is 33.4 Å². The van der Waals surface area contributed by atoms with Crippen LogP contribution in [0, 0.1) is 6.92 Å². The Balaban J connectivity index is 1.56. The number of carbonyl (C=O) groups is 1. The van der Waals surface area contributed by atoms with E-state index >= 15 is 0 Å². The first-order chi connectivity index (χ1) is 16.9. The number of anilines is 1. The minimum absolute atomic E-state index is 0.163. The topological polar surface area (TPSA) is 67.2 Å². The zero-order valence-electron chi connectivity index (χ0n) is 19.9. The van der Waals surface area contributed by atoms with E-state index in [-0.39, 0.29) is 11.6 Å². The Bertz CT molecular complexity index is 1600. The van der Waals surface area contributed by atoms with Crippen LogP contribution in [0.3, 0.4) is 0 Å². The monoisotopic (exact) mass is 462 g/mol. The average Bonchev–Trinajstić information content (AvgIpc) is 2.88. The maximum absolute atomic E-state index is 13.6. The maximum atomic E-state index is 13.6. The summed E-state index contributed by atoms with van der Waals surface area (Å²) >= 11 is 0. The highest BCUT2D eigenvalue weighted by Gasteiger charge is 2.24. The molecule has 1 N–H and O–H groups in total. The highest BCUT2D eigenvalue weighted by Crippen LogP contribution is 2.26. The van der Waals surface area contributed by atoms with Gasteiger partial charge in [-0.25, -0.2) is 9.78 Å². The number of aromatic nitrogens is 2. The van der Waals surface area contributed by atoms with Gasteiger partial charge in [0, 0.05) is 12.4 Å². The number of nitrogens with zero attached hydrogens (tertiary/aromatic N) is 3. The molecule has 0 saturated carbocycles. The smallest absolute Gasteiger partial charge is 0.318 e. The SMILES string of the molecule is Cc1ccc(-n2c(C(C)N(C)C(=O)Nc3cccc4ccccc34)nc3ccccc3c2=O)cc1. The summed E-state index contributed by atoms with van der Waals surface area (Å²) in [7, 11) is 1.71. The quantitative estimate of drug-likeness (QED) is 0.352. The maximum Gasteiger partial charge on any atom is 0.322 e. The second kappa shape index (κ2) is 9.06. The van der Waals surface area contributed by atoms with Gasteiger partial charge in [0.1, 0.15) is 5.82 Å². The molecule has 174 valence electrons. The van der Waals surface area contributed by atoms with Gasteiger partial charge in [0.2, 0.25) is 0 Å². The zero-order valence-corrected chi connectivity index (χ0v) is 19.9. The van der Waals surface area contributed by atoms with Crippen molar-refractivity contribution in [1.82, 2.24) is 14.5 Å². The van der Waals surface area contributed by atoms with E-state index in [0.29, 0.717) is 22.4 Å². The van der Waals surface area contributed by atoms with Gasteiger partial charge < -0.3 is 10.2 Å². The summed E-state index contributed by atoms with van der Waals surface area (Å²) in [4.78, 5) is 33.3. The first kappa shape index (κ1) is 22.3. The van der Waals surface area contributed by atoms with E-state index < -0.39 is 6.04 Å². The number of para-hydroxylation sites is 1. The Kier molecular flexibility index (Phi) is 5.79. The molecule has 5 rings (SSSR count). The van der Waals surface area contributed by atoms with Gasteiger partial charge in [-0.05, 0) is 49.6 Å². The first-order valence-corrected chi connectivity index (χ1v) is 11.5. The molecule has 6 heteroatoms. The lowest BCUT2D eigenvalue weighted by Crippen LogP contribution is -2.37. The second-order valence-corrected chi connectivity index (χ2v) is 8.71. The molecule has 2 amide bonds. The molecule has 0 fully saturated rings. The third kappa shape index (κ3) is 4.15. The van der Waals surface area contributed by atoms with Gasteiger partial charge in [-0.1, -0.05) is 66.2 Å². The number of amides is 2. The summed E-state index contributed by atoms with van der Waals surface area (Å²) in [5.41, 5.74) is 2.98. The Morgan fingerprint density at radius 1 is 0.886 bits per heavy atom. The number of benzene rings is 4. The number of carbonyl (C=O) groups excluding carboxylic acids is 1. The van der Waals surface area contributed by atoms with Crippen LogP contribution >= 0.6 is 0 Å². The van der Waals surface area contributed by atoms with Crippen LogP contribution in [0.2, 0.25) is 0 Å². The lowest BCUT2D eigenvalue weighted by molar-refractivity contribution is 0.205. The van der Waals surface area contributed by atoms with Crippen LogP contribution < -0.4 is 10.9 Å². The number of nitrogens with one attached hydrogen (secondary N) is 1. The van der Waals surface area contributed by atoms with Gasteiger partial charge in [0.05, 0.1) is 28.3 Å². The number of hydrogen-bond acceptors (Lipinski definition) is 3. The fourth-order valence-corrected chi connectivity index (χ4v) is 4.26. The number of urea groups is 1. The molecular formula is C29H26N4O2. The first-order valence-electron chi connectivity index (χ1n) is 11.5. The third-order valence-electron chi connectivity index (χ3n) is 6.40. The fourth-order valence-electron chi connectivity index (χ4n) is 4.26. The van der Waals surface area contributed by atoms with E-state index in [1.807, 2.05) is 98.8 Å². The molecule has 0 aliphatic rings. The zero-order chi connectivity index (χ0) is 24.5. The van der Waals surface area contributed by atoms with Crippen LogP contribution in [-0.2, 0) is 0 Å². The molecule has 1 aromatic heterocycles. The van der Waals surface area contributed by atoms with Crippen molar-refractivity contribution in [2.75, 3.05) is 12.4 Å². The van der Waals surface area contributed by atoms with Crippen molar-refractivity contribution in [3.63, 3.8) is 0 Å². The largest absolute Gasteiger partial charge is 0.322 e. The molecule has 6 nitrogen and oxygen atoms in total. The minimum atomic E-state index is -0.483. The molecule has 0 spiro atoms. The molecule has 1 unspecified atom stereocenters. The summed E-state index contributed by atoms with van der Waals surface area (Å²) in [6.07, 6.45) is 0. The molecule has 1 atom stereocenters. The molecule has 5 aromatic rings. The van der Waals surface area contributed by atoms with Crippen molar-refractivity contribution < 1.29 is 4.79 Å². The lowest BCUT2D eigenvalue weighted by Gasteiger charge is -2.27. The molecule has 0 radical (unpaired) electrons. The number of aryl methyl sites for hydroxylation is 1. The van der Waals surface area contributed by atoms with E-state index in [2.05, 4.69) is 5.32 Å². The second-order valence-electron chi connectivity index (χ2n) is 8.71. The number of fused-ring (bicyclic) bond motifs is 2. The van der Waals surface area contributed by atoms with Crippen molar-refractivity contribution in [1.29, 1.82) is 0 Å². The van der Waals surface area contributed by atoms with E-state index in [1.54, 1.807) is 22.6 Å². The van der Waals surface area contributed by atoms with Crippen molar-refractivity contribution in [2.24, 2.45) is 0 Å². The van der Waals surface area contributed by atoms with Gasteiger partial charge in [0.25, 0.3) is 5.56 Å². The number of rotatable bonds is 4. The Hall–Kier alpha value is -4.45. The molecule has 0 aliphatic carbocycles. The molecule has 0 saturated heterocycles. The minimum Gasteiger partial charge on any atom is -0.318 e. The van der Waals surface area contributed by atoms with Crippen molar-refractivity contribution in [3.8, 4) is 5.69 Å². The van der Waals surface area contributed by atoms with Crippen LogP contribution in [0.5, 0.6) is 0 Å². The summed E-state index contributed by atoms with van der Waals surface area (Å²) in [5.74, 6) is 0.494. The van der Waals surface area contributed by atoms with E-state index in [9.17, 15) is 9.59 Å². The molecular weight excluding hydrogens is 436 g/mol. The van der Waals surface area contributed by atoms with E-state index in [4.69, 9.17) is 4.98 Å². The molecule has 35 heavy (non-hydrogen) atoms. The van der Waals surface area contributed by atoms with Crippen LogP contribution in [0.25, 0.3) is 27.4 Å².